The minimum absolute atomic E-state index is 0.0147. The standard InChI is InChI=1S/C20H24F2N2O4S/c1-29(26,27)24(20-17(21)9-5-10-18(20)22)13-6-11-19(25)23-12-14-28-15-16-7-3-2-4-8-16/h2-5,7-10H,6,11-15H2,1H3,(H,23,25). The first-order valence-corrected chi connectivity index (χ1v) is 10.9. The molecule has 0 bridgehead atoms. The summed E-state index contributed by atoms with van der Waals surface area (Å²) < 4.78 is 57.9. The number of nitrogens with one attached hydrogen (secondary N) is 1. The van der Waals surface area contributed by atoms with Gasteiger partial charge in [0.15, 0.2) is 11.6 Å². The molecule has 0 atom stereocenters. The van der Waals surface area contributed by atoms with Crippen LogP contribution in [0.1, 0.15) is 18.4 Å². The van der Waals surface area contributed by atoms with Gasteiger partial charge in [0, 0.05) is 19.5 Å². The number of ether oxygens (including phenoxy) is 1. The molecule has 0 saturated heterocycles. The normalized spacial score (nSPS) is 11.3. The SMILES string of the molecule is CS(=O)(=O)N(CCCC(=O)NCCOCc1ccccc1)c1c(F)cccc1F. The molecular formula is C20H24F2N2O4S. The van der Waals surface area contributed by atoms with Crippen molar-refractivity contribution in [2.45, 2.75) is 19.4 Å². The van der Waals surface area contributed by atoms with Crippen LogP contribution in [0.3, 0.4) is 0 Å². The summed E-state index contributed by atoms with van der Waals surface area (Å²) in [6.07, 6.45) is 0.987. The minimum Gasteiger partial charge on any atom is -0.375 e. The number of rotatable bonds is 11. The first-order chi connectivity index (χ1) is 13.8. The molecule has 0 spiro atoms. The van der Waals surface area contributed by atoms with Crippen LogP contribution < -0.4 is 9.62 Å². The molecule has 158 valence electrons. The molecule has 0 unspecified atom stereocenters. The highest BCUT2D eigenvalue weighted by Gasteiger charge is 2.24. The highest BCUT2D eigenvalue weighted by molar-refractivity contribution is 7.92. The Morgan fingerprint density at radius 1 is 1.07 bits per heavy atom. The van der Waals surface area contributed by atoms with Crippen molar-refractivity contribution < 1.29 is 26.7 Å². The third-order valence-electron chi connectivity index (χ3n) is 4.03. The minimum atomic E-state index is -3.91. The molecule has 6 nitrogen and oxygen atoms in total. The van der Waals surface area contributed by atoms with Gasteiger partial charge in [-0.25, -0.2) is 17.2 Å². The van der Waals surface area contributed by atoms with Crippen molar-refractivity contribution in [1.29, 1.82) is 0 Å². The maximum Gasteiger partial charge on any atom is 0.232 e. The molecule has 2 aromatic rings. The van der Waals surface area contributed by atoms with E-state index in [-0.39, 0.29) is 25.3 Å². The molecule has 9 heteroatoms. The Morgan fingerprint density at radius 2 is 1.72 bits per heavy atom. The molecule has 1 N–H and O–H groups in total. The molecule has 0 radical (unpaired) electrons. The number of sulfonamides is 1. The predicted octanol–water partition coefficient (Wildman–Crippen LogP) is 2.84. The van der Waals surface area contributed by atoms with Crippen molar-refractivity contribution in [3.8, 4) is 0 Å². The van der Waals surface area contributed by atoms with Gasteiger partial charge in [-0.05, 0) is 24.1 Å². The zero-order valence-electron chi connectivity index (χ0n) is 16.1. The van der Waals surface area contributed by atoms with Crippen LogP contribution in [-0.4, -0.2) is 40.3 Å². The Balaban J connectivity index is 1.75. The van der Waals surface area contributed by atoms with Crippen LogP contribution in [0.15, 0.2) is 48.5 Å². The lowest BCUT2D eigenvalue weighted by Gasteiger charge is -2.23. The smallest absolute Gasteiger partial charge is 0.232 e. The maximum atomic E-state index is 13.9. The van der Waals surface area contributed by atoms with Gasteiger partial charge in [-0.2, -0.15) is 0 Å². The van der Waals surface area contributed by atoms with Crippen LogP contribution in [0, 0.1) is 11.6 Å². The molecule has 0 aliphatic rings. The number of hydrogen-bond acceptors (Lipinski definition) is 4. The van der Waals surface area contributed by atoms with Crippen molar-refractivity contribution >= 4 is 21.6 Å². The quantitative estimate of drug-likeness (QED) is 0.561. The number of halogens is 2. The Labute approximate surface area is 169 Å². The van der Waals surface area contributed by atoms with Crippen LogP contribution in [-0.2, 0) is 26.2 Å². The van der Waals surface area contributed by atoms with Gasteiger partial charge in [0.2, 0.25) is 15.9 Å². The molecule has 0 aliphatic heterocycles. The fourth-order valence-electron chi connectivity index (χ4n) is 2.67. The molecule has 1 amide bonds. The largest absolute Gasteiger partial charge is 0.375 e. The zero-order chi connectivity index (χ0) is 21.3. The number of nitrogens with zero attached hydrogens (tertiary/aromatic N) is 1. The number of hydrogen-bond donors (Lipinski definition) is 1. The number of benzene rings is 2. The van der Waals surface area contributed by atoms with E-state index in [1.807, 2.05) is 30.3 Å². The third-order valence-corrected chi connectivity index (χ3v) is 5.20. The van der Waals surface area contributed by atoms with Crippen molar-refractivity contribution in [2.75, 3.05) is 30.3 Å². The molecule has 0 aliphatic carbocycles. The molecule has 2 rings (SSSR count). The van der Waals surface area contributed by atoms with E-state index < -0.39 is 27.3 Å². The molecule has 29 heavy (non-hydrogen) atoms. The van der Waals surface area contributed by atoms with E-state index in [1.165, 1.54) is 0 Å². The second-order valence-electron chi connectivity index (χ2n) is 6.40. The summed E-state index contributed by atoms with van der Waals surface area (Å²) >= 11 is 0. The van der Waals surface area contributed by atoms with Gasteiger partial charge in [0.1, 0.15) is 5.69 Å². The molecule has 2 aromatic carbocycles. The number of carbonyl (C=O) groups is 1. The van der Waals surface area contributed by atoms with Crippen molar-refractivity contribution in [2.24, 2.45) is 0 Å². The predicted molar refractivity (Wildman–Crippen MR) is 107 cm³/mol. The van der Waals surface area contributed by atoms with Gasteiger partial charge < -0.3 is 10.1 Å². The average Bonchev–Trinajstić information content (AvgIpc) is 2.66. The molecule has 0 aromatic heterocycles. The third kappa shape index (κ3) is 7.43. The van der Waals surface area contributed by atoms with E-state index >= 15 is 0 Å². The summed E-state index contributed by atoms with van der Waals surface area (Å²) in [5.74, 6) is -2.25. The second-order valence-corrected chi connectivity index (χ2v) is 8.30. The van der Waals surface area contributed by atoms with Crippen LogP contribution in [0.4, 0.5) is 14.5 Å². The fourth-order valence-corrected chi connectivity index (χ4v) is 3.64. The van der Waals surface area contributed by atoms with E-state index in [4.69, 9.17) is 4.74 Å². The Kier molecular flexibility index (Phi) is 8.53. The highest BCUT2D eigenvalue weighted by atomic mass is 32.2. The summed E-state index contributed by atoms with van der Waals surface area (Å²) in [5, 5.41) is 2.66. The number of anilines is 1. The maximum absolute atomic E-state index is 13.9. The van der Waals surface area contributed by atoms with Gasteiger partial charge >= 0.3 is 0 Å². The number of para-hydroxylation sites is 1. The van der Waals surface area contributed by atoms with Gasteiger partial charge in [-0.1, -0.05) is 36.4 Å². The first kappa shape index (κ1) is 22.8. The summed E-state index contributed by atoms with van der Waals surface area (Å²) in [7, 11) is -3.91. The van der Waals surface area contributed by atoms with Crippen LogP contribution in [0.5, 0.6) is 0 Å². The van der Waals surface area contributed by atoms with E-state index in [9.17, 15) is 22.0 Å². The van der Waals surface area contributed by atoms with Crippen molar-refractivity contribution in [1.82, 2.24) is 5.32 Å². The molecule has 0 fully saturated rings. The molecule has 0 heterocycles. The monoisotopic (exact) mass is 426 g/mol. The van der Waals surface area contributed by atoms with Gasteiger partial charge in [-0.3, -0.25) is 9.10 Å². The summed E-state index contributed by atoms with van der Waals surface area (Å²) in [6.45, 7) is 0.864. The summed E-state index contributed by atoms with van der Waals surface area (Å²) in [6, 6.07) is 12.7. The fraction of sp³-hybridized carbons (Fsp3) is 0.350. The Hall–Kier alpha value is -2.52. The molecule has 0 saturated carbocycles. The zero-order valence-corrected chi connectivity index (χ0v) is 16.9. The number of carbonyl (C=O) groups excluding carboxylic acids is 1. The van der Waals surface area contributed by atoms with Crippen LogP contribution >= 0.6 is 0 Å². The summed E-state index contributed by atoms with van der Waals surface area (Å²) in [4.78, 5) is 11.9. The summed E-state index contributed by atoms with van der Waals surface area (Å²) in [5.41, 5.74) is 0.393. The first-order valence-electron chi connectivity index (χ1n) is 9.09. The topological polar surface area (TPSA) is 75.7 Å². The lowest BCUT2D eigenvalue weighted by Crippen LogP contribution is -2.34. The van der Waals surface area contributed by atoms with Crippen molar-refractivity contribution in [3.63, 3.8) is 0 Å². The van der Waals surface area contributed by atoms with Gasteiger partial charge in [-0.15, -0.1) is 0 Å². The molecular weight excluding hydrogens is 402 g/mol. The van der Waals surface area contributed by atoms with E-state index in [0.29, 0.717) is 24.1 Å². The van der Waals surface area contributed by atoms with Crippen LogP contribution in [0.25, 0.3) is 0 Å². The van der Waals surface area contributed by atoms with E-state index in [0.717, 1.165) is 30.0 Å². The van der Waals surface area contributed by atoms with E-state index in [1.54, 1.807) is 0 Å². The second kappa shape index (κ2) is 10.9. The average molecular weight is 426 g/mol. The van der Waals surface area contributed by atoms with Crippen molar-refractivity contribution in [3.05, 3.63) is 65.7 Å². The Morgan fingerprint density at radius 3 is 2.34 bits per heavy atom. The lowest BCUT2D eigenvalue weighted by molar-refractivity contribution is -0.121. The Bertz CT molecular complexity index is 888. The lowest BCUT2D eigenvalue weighted by atomic mass is 10.2. The van der Waals surface area contributed by atoms with Gasteiger partial charge in [0.05, 0.1) is 19.5 Å². The van der Waals surface area contributed by atoms with E-state index in [2.05, 4.69) is 5.32 Å². The highest BCUT2D eigenvalue weighted by Crippen LogP contribution is 2.25. The van der Waals surface area contributed by atoms with Gasteiger partial charge in [0.25, 0.3) is 0 Å². The van der Waals surface area contributed by atoms with Crippen LogP contribution in [0.2, 0.25) is 0 Å². The number of amides is 1.